The minimum atomic E-state index is -1.08. The summed E-state index contributed by atoms with van der Waals surface area (Å²) in [7, 11) is 1.46. The van der Waals surface area contributed by atoms with Gasteiger partial charge in [0.25, 0.3) is 0 Å². The van der Waals surface area contributed by atoms with Gasteiger partial charge >= 0.3 is 11.9 Å². The van der Waals surface area contributed by atoms with Crippen molar-refractivity contribution in [1.29, 1.82) is 5.26 Å². The van der Waals surface area contributed by atoms with Crippen molar-refractivity contribution in [1.82, 2.24) is 0 Å². The lowest BCUT2D eigenvalue weighted by Gasteiger charge is -2.68. The first-order valence-electron chi connectivity index (χ1n) is 15.1. The molecule has 7 heteroatoms. The van der Waals surface area contributed by atoms with Crippen LogP contribution in [0.5, 0.6) is 0 Å². The van der Waals surface area contributed by atoms with Gasteiger partial charge in [0.05, 0.1) is 23.5 Å². The van der Waals surface area contributed by atoms with Crippen LogP contribution in [0.3, 0.4) is 0 Å². The average molecular weight is 564 g/mol. The van der Waals surface area contributed by atoms with Crippen molar-refractivity contribution >= 4 is 23.5 Å². The molecule has 0 bridgehead atoms. The molecular formula is C34H45NO6. The van der Waals surface area contributed by atoms with Crippen LogP contribution in [0.2, 0.25) is 0 Å². The minimum Gasteiger partial charge on any atom is -0.469 e. The number of methoxy groups -OCH3 is 1. The zero-order valence-electron chi connectivity index (χ0n) is 25.9. The highest BCUT2D eigenvalue weighted by Crippen LogP contribution is 2.74. The molecule has 0 N–H and O–H groups in total. The number of carbonyl (C=O) groups is 4. The number of esters is 2. The Morgan fingerprint density at radius 2 is 1.68 bits per heavy atom. The Kier molecular flexibility index (Phi) is 6.62. The van der Waals surface area contributed by atoms with Crippen LogP contribution in [-0.2, 0) is 28.7 Å². The lowest BCUT2D eigenvalue weighted by molar-refractivity contribution is -0.191. The fourth-order valence-electron chi connectivity index (χ4n) is 10.4. The summed E-state index contributed by atoms with van der Waals surface area (Å²) in [5.41, 5.74) is -2.23. The Hall–Kier alpha value is -2.75. The highest BCUT2D eigenvalue weighted by molar-refractivity contribution is 6.05. The smallest absolute Gasteiger partial charge is 0.312 e. The van der Waals surface area contributed by atoms with Crippen molar-refractivity contribution in [3.05, 3.63) is 23.3 Å². The zero-order valence-corrected chi connectivity index (χ0v) is 25.9. The fraction of sp³-hybridized carbons (Fsp3) is 0.735. The second kappa shape index (κ2) is 9.12. The van der Waals surface area contributed by atoms with Gasteiger partial charge in [0, 0.05) is 18.3 Å². The van der Waals surface area contributed by atoms with E-state index >= 15 is 0 Å². The van der Waals surface area contributed by atoms with Gasteiger partial charge < -0.3 is 9.47 Å². The topological polar surface area (TPSA) is 111 Å². The summed E-state index contributed by atoms with van der Waals surface area (Å²) < 4.78 is 10.8. The maximum atomic E-state index is 14.5. The molecule has 41 heavy (non-hydrogen) atoms. The molecule has 222 valence electrons. The first kappa shape index (κ1) is 29.7. The molecule has 7 nitrogen and oxygen atoms in total. The molecule has 0 amide bonds. The van der Waals surface area contributed by atoms with Gasteiger partial charge in [-0.05, 0) is 86.0 Å². The number of ether oxygens (including phenoxy) is 2. The third-order valence-electron chi connectivity index (χ3n) is 12.9. The molecule has 8 atom stereocenters. The first-order chi connectivity index (χ1) is 19.0. The van der Waals surface area contributed by atoms with Crippen molar-refractivity contribution in [3.63, 3.8) is 0 Å². The van der Waals surface area contributed by atoms with Crippen molar-refractivity contribution < 1.29 is 28.7 Å². The van der Waals surface area contributed by atoms with E-state index in [1.54, 1.807) is 13.0 Å². The van der Waals surface area contributed by atoms with E-state index in [1.807, 2.05) is 6.08 Å². The normalized spacial score (nSPS) is 44.5. The van der Waals surface area contributed by atoms with E-state index < -0.39 is 27.6 Å². The van der Waals surface area contributed by atoms with Gasteiger partial charge in [-0.25, -0.2) is 0 Å². The average Bonchev–Trinajstić information content (AvgIpc) is 2.90. The summed E-state index contributed by atoms with van der Waals surface area (Å²) >= 11 is 0. The number of fused-ring (bicyclic) bond motifs is 7. The predicted molar refractivity (Wildman–Crippen MR) is 152 cm³/mol. The summed E-state index contributed by atoms with van der Waals surface area (Å²) in [5.74, 6) is -1.58. The van der Waals surface area contributed by atoms with Crippen molar-refractivity contribution in [2.45, 2.75) is 93.4 Å². The largest absolute Gasteiger partial charge is 0.469 e. The van der Waals surface area contributed by atoms with E-state index in [9.17, 15) is 24.4 Å². The molecule has 0 heterocycles. The molecule has 0 radical (unpaired) electrons. The Bertz CT molecular complexity index is 1330. The number of ketones is 2. The molecule has 0 aromatic carbocycles. The predicted octanol–water partition coefficient (Wildman–Crippen LogP) is 5.92. The van der Waals surface area contributed by atoms with Gasteiger partial charge in [0.15, 0.2) is 11.6 Å². The molecule has 0 saturated heterocycles. The van der Waals surface area contributed by atoms with Gasteiger partial charge in [0.2, 0.25) is 0 Å². The van der Waals surface area contributed by atoms with E-state index in [2.05, 4.69) is 40.7 Å². The van der Waals surface area contributed by atoms with E-state index in [0.717, 1.165) is 37.7 Å². The molecule has 0 spiro atoms. The molecule has 5 aliphatic carbocycles. The first-order valence-corrected chi connectivity index (χ1v) is 15.1. The number of Topliss-reactive ketones (excluding diaryl/α,β-unsaturated/α-hetero) is 1. The summed E-state index contributed by atoms with van der Waals surface area (Å²) in [6.07, 6.45) is 8.92. The maximum absolute atomic E-state index is 14.5. The third kappa shape index (κ3) is 3.81. The van der Waals surface area contributed by atoms with E-state index in [0.29, 0.717) is 12.8 Å². The summed E-state index contributed by atoms with van der Waals surface area (Å²) in [4.78, 5) is 53.4. The van der Waals surface area contributed by atoms with Crippen LogP contribution in [0.15, 0.2) is 23.3 Å². The standard InChI is InChI=1S/C34H45NO6/c1-20(36)41-19-31(5)24-9-10-32(6)25(30(24,4)16-21(18-35)27(31)38)15-23(37)26-22-17-29(2,3)11-13-34(22,28(39)40-8)14-12-33(26,32)7/h15-16,22,24,26H,9-14,17,19H2,1-8H3/t22?,24-,26?,30+,31+,32-,33-,34+/m1/s1. The van der Waals surface area contributed by atoms with Crippen LogP contribution < -0.4 is 0 Å². The molecule has 3 fully saturated rings. The molecule has 0 aliphatic heterocycles. The second-order valence-electron chi connectivity index (χ2n) is 15.4. The van der Waals surface area contributed by atoms with Gasteiger partial charge in [-0.3, -0.25) is 19.2 Å². The monoisotopic (exact) mass is 563 g/mol. The summed E-state index contributed by atoms with van der Waals surface area (Å²) in [5, 5.41) is 10.0. The van der Waals surface area contributed by atoms with E-state index in [-0.39, 0.29) is 58.3 Å². The van der Waals surface area contributed by atoms with Crippen molar-refractivity contribution in [2.24, 2.45) is 50.2 Å². The van der Waals surface area contributed by atoms with E-state index in [1.165, 1.54) is 14.0 Å². The van der Waals surface area contributed by atoms with Crippen LogP contribution in [0.25, 0.3) is 0 Å². The van der Waals surface area contributed by atoms with Crippen LogP contribution >= 0.6 is 0 Å². The van der Waals surface area contributed by atoms with E-state index in [4.69, 9.17) is 9.47 Å². The molecule has 0 aromatic heterocycles. The fourth-order valence-corrected chi connectivity index (χ4v) is 10.4. The quantitative estimate of drug-likeness (QED) is 0.392. The number of hydrogen-bond acceptors (Lipinski definition) is 7. The summed E-state index contributed by atoms with van der Waals surface area (Å²) in [6, 6.07) is 2.12. The SMILES string of the molecule is COC(=O)[C@]12CCC(C)(C)CC1C1C(=O)C=C3[C@@]4(C)C=C(C#N)C(=O)[C@@](C)(COC(C)=O)[C@@H]4CC[C@@]3(C)[C@]1(C)CC2. The van der Waals surface area contributed by atoms with Crippen LogP contribution in [0.1, 0.15) is 93.4 Å². The van der Waals surface area contributed by atoms with Crippen LogP contribution in [0.4, 0.5) is 0 Å². The van der Waals surface area contributed by atoms with Gasteiger partial charge in [-0.2, -0.15) is 5.26 Å². The van der Waals surface area contributed by atoms with Crippen LogP contribution in [0, 0.1) is 61.6 Å². The zero-order chi connectivity index (χ0) is 30.4. The van der Waals surface area contributed by atoms with Gasteiger partial charge in [0.1, 0.15) is 12.7 Å². The van der Waals surface area contributed by atoms with Crippen molar-refractivity contribution in [2.75, 3.05) is 13.7 Å². The lowest BCUT2D eigenvalue weighted by Crippen LogP contribution is -2.66. The Labute approximate surface area is 244 Å². The van der Waals surface area contributed by atoms with Crippen molar-refractivity contribution in [3.8, 4) is 6.07 Å². The lowest BCUT2D eigenvalue weighted by atomic mass is 9.34. The second-order valence-corrected chi connectivity index (χ2v) is 15.4. The number of nitrogens with zero attached hydrogens (tertiary/aromatic N) is 1. The highest BCUT2D eigenvalue weighted by Gasteiger charge is 2.71. The van der Waals surface area contributed by atoms with Gasteiger partial charge in [-0.1, -0.05) is 46.3 Å². The number of rotatable bonds is 3. The molecule has 2 unspecified atom stereocenters. The number of allylic oxidation sites excluding steroid dienone is 4. The van der Waals surface area contributed by atoms with Crippen LogP contribution in [-0.4, -0.2) is 37.2 Å². The molecule has 5 aliphatic rings. The Balaban J connectivity index is 1.68. The Morgan fingerprint density at radius 1 is 1.02 bits per heavy atom. The maximum Gasteiger partial charge on any atom is 0.312 e. The third-order valence-corrected chi connectivity index (χ3v) is 12.9. The molecular weight excluding hydrogens is 518 g/mol. The Morgan fingerprint density at radius 3 is 2.29 bits per heavy atom. The highest BCUT2D eigenvalue weighted by atomic mass is 16.5. The molecule has 3 saturated carbocycles. The van der Waals surface area contributed by atoms with Gasteiger partial charge in [-0.15, -0.1) is 0 Å². The summed E-state index contributed by atoms with van der Waals surface area (Å²) in [6.45, 7) is 14.1. The minimum absolute atomic E-state index is 0.0158. The number of nitriles is 1. The molecule has 5 rings (SSSR count). The molecule has 0 aromatic rings. The number of hydrogen-bond donors (Lipinski definition) is 0. The number of carbonyl (C=O) groups excluding carboxylic acids is 4.